The number of aromatic nitrogens is 1. The van der Waals surface area contributed by atoms with E-state index < -0.39 is 17.8 Å². The number of amides is 3. The van der Waals surface area contributed by atoms with Crippen molar-refractivity contribution in [3.63, 3.8) is 0 Å². The first-order chi connectivity index (χ1) is 9.92. The molecule has 8 heteroatoms. The lowest BCUT2D eigenvalue weighted by Crippen LogP contribution is -2.22. The summed E-state index contributed by atoms with van der Waals surface area (Å²) in [5.74, 6) is -0.971. The minimum absolute atomic E-state index is 0.000909. The fourth-order valence-corrected chi connectivity index (χ4v) is 1.86. The number of methoxy groups -OCH3 is 1. The molecular formula is C13H13FN4O3. The lowest BCUT2D eigenvalue weighted by atomic mass is 10.1. The molecule has 0 atom stereocenters. The Hall–Kier alpha value is -3.03. The number of aromatic amines is 1. The highest BCUT2D eigenvalue weighted by Crippen LogP contribution is 2.29. The third kappa shape index (κ3) is 2.94. The van der Waals surface area contributed by atoms with Crippen molar-refractivity contribution < 1.29 is 18.7 Å². The molecule has 0 radical (unpaired) electrons. The number of rotatable bonds is 4. The first kappa shape index (κ1) is 14.4. The third-order valence-corrected chi connectivity index (χ3v) is 2.80. The topological polar surface area (TPSA) is 123 Å². The molecule has 1 aromatic heterocycles. The average Bonchev–Trinajstić information content (AvgIpc) is 2.81. The predicted molar refractivity (Wildman–Crippen MR) is 74.5 cm³/mol. The fourth-order valence-electron chi connectivity index (χ4n) is 1.86. The summed E-state index contributed by atoms with van der Waals surface area (Å²) in [5, 5.41) is 2.22. The van der Waals surface area contributed by atoms with E-state index >= 15 is 0 Å². The van der Waals surface area contributed by atoms with Gasteiger partial charge in [-0.1, -0.05) is 0 Å². The van der Waals surface area contributed by atoms with Crippen molar-refractivity contribution in [2.75, 3.05) is 12.4 Å². The van der Waals surface area contributed by atoms with Crippen LogP contribution in [0.5, 0.6) is 5.75 Å². The lowest BCUT2D eigenvalue weighted by Gasteiger charge is -2.04. The number of nitrogens with one attached hydrogen (secondary N) is 2. The van der Waals surface area contributed by atoms with Gasteiger partial charge in [0.05, 0.1) is 18.4 Å². The van der Waals surface area contributed by atoms with Crippen LogP contribution in [0.3, 0.4) is 0 Å². The lowest BCUT2D eigenvalue weighted by molar-refractivity contribution is 0.100. The van der Waals surface area contributed by atoms with Gasteiger partial charge in [-0.3, -0.25) is 10.1 Å². The zero-order valence-corrected chi connectivity index (χ0v) is 11.1. The van der Waals surface area contributed by atoms with Crippen LogP contribution >= 0.6 is 0 Å². The van der Waals surface area contributed by atoms with Crippen molar-refractivity contribution in [1.29, 1.82) is 0 Å². The van der Waals surface area contributed by atoms with E-state index in [9.17, 15) is 14.0 Å². The number of halogens is 1. The van der Waals surface area contributed by atoms with Crippen LogP contribution in [0.2, 0.25) is 0 Å². The molecule has 0 aliphatic heterocycles. The van der Waals surface area contributed by atoms with Crippen LogP contribution in [0.25, 0.3) is 11.3 Å². The van der Waals surface area contributed by atoms with Crippen molar-refractivity contribution in [2.24, 2.45) is 11.5 Å². The molecule has 0 aliphatic rings. The van der Waals surface area contributed by atoms with Gasteiger partial charge in [0.2, 0.25) is 0 Å². The van der Waals surface area contributed by atoms with Crippen LogP contribution in [-0.2, 0) is 0 Å². The van der Waals surface area contributed by atoms with E-state index in [0.29, 0.717) is 5.75 Å². The van der Waals surface area contributed by atoms with E-state index in [1.807, 2.05) is 0 Å². The molecule has 21 heavy (non-hydrogen) atoms. The normalized spacial score (nSPS) is 10.2. The second-order valence-corrected chi connectivity index (χ2v) is 4.17. The SMILES string of the molecule is COc1ccc(-c2cc(C(N)=O)c(NC(N)=O)[nH]2)c(F)c1. The molecule has 3 amide bonds. The van der Waals surface area contributed by atoms with Crippen molar-refractivity contribution >= 4 is 17.8 Å². The standard InChI is InChI=1S/C13H13FN4O3/c1-21-6-2-3-7(9(14)4-6)10-5-8(11(15)19)12(17-10)18-13(16)20/h2-5,17H,1H3,(H2,15,19)(H3,16,18,20). The van der Waals surface area contributed by atoms with Gasteiger partial charge in [-0.2, -0.15) is 0 Å². The summed E-state index contributed by atoms with van der Waals surface area (Å²) in [7, 11) is 1.42. The number of hydrogen-bond acceptors (Lipinski definition) is 3. The van der Waals surface area contributed by atoms with E-state index in [2.05, 4.69) is 10.3 Å². The van der Waals surface area contributed by atoms with Crippen molar-refractivity contribution in [3.05, 3.63) is 35.6 Å². The fraction of sp³-hybridized carbons (Fsp3) is 0.0769. The molecule has 0 fully saturated rings. The highest BCUT2D eigenvalue weighted by atomic mass is 19.1. The molecule has 0 saturated carbocycles. The Labute approximate surface area is 119 Å². The monoisotopic (exact) mass is 292 g/mol. The van der Waals surface area contributed by atoms with Crippen molar-refractivity contribution in [1.82, 2.24) is 4.98 Å². The maximum atomic E-state index is 14.0. The van der Waals surface area contributed by atoms with Crippen LogP contribution in [0.1, 0.15) is 10.4 Å². The van der Waals surface area contributed by atoms with E-state index in [0.717, 1.165) is 0 Å². The molecule has 0 bridgehead atoms. The smallest absolute Gasteiger partial charge is 0.317 e. The highest BCUT2D eigenvalue weighted by Gasteiger charge is 2.17. The van der Waals surface area contributed by atoms with Crippen LogP contribution in [0.4, 0.5) is 15.0 Å². The van der Waals surface area contributed by atoms with Gasteiger partial charge in [-0.15, -0.1) is 0 Å². The molecule has 1 aromatic carbocycles. The molecule has 2 rings (SSSR count). The first-order valence-corrected chi connectivity index (χ1v) is 5.85. The van der Waals surface area contributed by atoms with Gasteiger partial charge in [0.25, 0.3) is 5.91 Å². The van der Waals surface area contributed by atoms with Crippen molar-refractivity contribution in [2.45, 2.75) is 0 Å². The van der Waals surface area contributed by atoms with Gasteiger partial charge < -0.3 is 21.2 Å². The second-order valence-electron chi connectivity index (χ2n) is 4.17. The van der Waals surface area contributed by atoms with E-state index in [1.165, 1.54) is 25.3 Å². The minimum Gasteiger partial charge on any atom is -0.497 e. The Morgan fingerprint density at radius 3 is 2.52 bits per heavy atom. The zero-order valence-electron chi connectivity index (χ0n) is 11.1. The first-order valence-electron chi connectivity index (χ1n) is 5.85. The van der Waals surface area contributed by atoms with Gasteiger partial charge in [0.15, 0.2) is 0 Å². The number of nitrogens with two attached hydrogens (primary N) is 2. The molecule has 0 saturated heterocycles. The summed E-state index contributed by atoms with van der Waals surface area (Å²) in [6.07, 6.45) is 0. The van der Waals surface area contributed by atoms with Crippen LogP contribution in [-0.4, -0.2) is 24.0 Å². The van der Waals surface area contributed by atoms with E-state index in [4.69, 9.17) is 16.2 Å². The van der Waals surface area contributed by atoms with Gasteiger partial charge in [0, 0.05) is 11.6 Å². The Morgan fingerprint density at radius 2 is 2.00 bits per heavy atom. The molecule has 1 heterocycles. The number of carbonyl (C=O) groups excluding carboxylic acids is 2. The molecule has 110 valence electrons. The largest absolute Gasteiger partial charge is 0.497 e. The molecular weight excluding hydrogens is 279 g/mol. The summed E-state index contributed by atoms with van der Waals surface area (Å²) in [6.45, 7) is 0. The van der Waals surface area contributed by atoms with E-state index in [-0.39, 0.29) is 22.6 Å². The quantitative estimate of drug-likeness (QED) is 0.681. The number of ether oxygens (including phenoxy) is 1. The molecule has 0 spiro atoms. The number of benzene rings is 1. The van der Waals surface area contributed by atoms with E-state index in [1.54, 1.807) is 6.07 Å². The summed E-state index contributed by atoms with van der Waals surface area (Å²) in [5.41, 5.74) is 10.7. The van der Waals surface area contributed by atoms with Gasteiger partial charge in [-0.25, -0.2) is 9.18 Å². The Bertz CT molecular complexity index is 711. The maximum Gasteiger partial charge on any atom is 0.317 e. The average molecular weight is 292 g/mol. The number of carbonyl (C=O) groups is 2. The van der Waals surface area contributed by atoms with Gasteiger partial charge >= 0.3 is 6.03 Å². The predicted octanol–water partition coefficient (Wildman–Crippen LogP) is 1.42. The molecule has 2 aromatic rings. The van der Waals surface area contributed by atoms with Crippen LogP contribution in [0.15, 0.2) is 24.3 Å². The Kier molecular flexibility index (Phi) is 3.79. The zero-order chi connectivity index (χ0) is 15.6. The van der Waals surface area contributed by atoms with Gasteiger partial charge in [0.1, 0.15) is 17.4 Å². The minimum atomic E-state index is -0.874. The summed E-state index contributed by atoms with van der Waals surface area (Å²) < 4.78 is 18.9. The Morgan fingerprint density at radius 1 is 1.29 bits per heavy atom. The number of anilines is 1. The third-order valence-electron chi connectivity index (χ3n) is 2.80. The highest BCUT2D eigenvalue weighted by molar-refractivity contribution is 6.03. The number of urea groups is 1. The number of hydrogen-bond donors (Lipinski definition) is 4. The molecule has 0 aliphatic carbocycles. The number of primary amides is 2. The van der Waals surface area contributed by atoms with Crippen molar-refractivity contribution in [3.8, 4) is 17.0 Å². The second kappa shape index (κ2) is 5.53. The summed E-state index contributed by atoms with van der Waals surface area (Å²) in [6, 6.07) is 4.68. The van der Waals surface area contributed by atoms with Crippen LogP contribution < -0.4 is 21.5 Å². The maximum absolute atomic E-state index is 14.0. The van der Waals surface area contributed by atoms with Gasteiger partial charge in [-0.05, 0) is 18.2 Å². The number of H-pyrrole nitrogens is 1. The molecule has 6 N–H and O–H groups in total. The van der Waals surface area contributed by atoms with Crippen LogP contribution in [0, 0.1) is 5.82 Å². The Balaban J connectivity index is 2.49. The molecule has 7 nitrogen and oxygen atoms in total. The summed E-state index contributed by atoms with van der Waals surface area (Å²) in [4.78, 5) is 24.9. The summed E-state index contributed by atoms with van der Waals surface area (Å²) >= 11 is 0. The molecule has 0 unspecified atom stereocenters.